The van der Waals surface area contributed by atoms with E-state index in [1.807, 2.05) is 6.92 Å². The molecule has 0 bridgehead atoms. The highest BCUT2D eigenvalue weighted by atomic mass is 16.2. The maximum Gasteiger partial charge on any atom is 0.243 e. The molecule has 0 saturated heterocycles. The Kier molecular flexibility index (Phi) is 14.5. The second kappa shape index (κ2) is 15.0. The third kappa shape index (κ3) is 9.06. The molecule has 2 amide bonds. The van der Waals surface area contributed by atoms with Gasteiger partial charge >= 0.3 is 0 Å². The molecule has 0 aromatic carbocycles. The van der Waals surface area contributed by atoms with Crippen molar-refractivity contribution in [3.63, 3.8) is 0 Å². The summed E-state index contributed by atoms with van der Waals surface area (Å²) in [7, 11) is 0. The van der Waals surface area contributed by atoms with Crippen LogP contribution in [0.1, 0.15) is 145 Å². The van der Waals surface area contributed by atoms with Crippen LogP contribution in [-0.2, 0) is 9.59 Å². The van der Waals surface area contributed by atoms with Gasteiger partial charge < -0.3 is 11.1 Å². The van der Waals surface area contributed by atoms with Gasteiger partial charge in [-0.25, -0.2) is 0 Å². The average Bonchev–Trinajstić information content (AvgIpc) is 2.72. The molecule has 0 aromatic rings. The summed E-state index contributed by atoms with van der Waals surface area (Å²) in [5.74, 6) is -0.0904. The predicted molar refractivity (Wildman–Crippen MR) is 138 cm³/mol. The Morgan fingerprint density at radius 2 is 1.19 bits per heavy atom. The number of unbranched alkanes of at least 4 members (excludes halogenated alkanes) is 10. The molecule has 0 aliphatic rings. The van der Waals surface area contributed by atoms with Crippen LogP contribution in [0.25, 0.3) is 0 Å². The molecule has 4 heteroatoms. The Hall–Kier alpha value is -1.06. The van der Waals surface area contributed by atoms with Crippen molar-refractivity contribution in [3.05, 3.63) is 0 Å². The quantitative estimate of drug-likeness (QED) is 0.199. The summed E-state index contributed by atoms with van der Waals surface area (Å²) in [6.45, 7) is 17.2. The standard InChI is InChI=1S/C28H56N2O2/c1-9-11-13-15-16-18-20-22-24(31)30-28(8,25(29)32)27(6,7)26(4,5)23(3)21-19-17-14-12-10-2/h23H,9-22H2,1-8H3,(H2,29,32)(H,30,31). The molecular weight excluding hydrogens is 396 g/mol. The Morgan fingerprint density at radius 1 is 0.750 bits per heavy atom. The maximum atomic E-state index is 12.8. The highest BCUT2D eigenvalue weighted by molar-refractivity contribution is 5.91. The van der Waals surface area contributed by atoms with Gasteiger partial charge in [0.05, 0.1) is 0 Å². The van der Waals surface area contributed by atoms with Crippen LogP contribution in [0.2, 0.25) is 0 Å². The van der Waals surface area contributed by atoms with Gasteiger partial charge in [0.1, 0.15) is 5.54 Å². The Labute approximate surface area is 200 Å². The number of rotatable bonds is 19. The van der Waals surface area contributed by atoms with E-state index >= 15 is 0 Å². The van der Waals surface area contributed by atoms with Crippen molar-refractivity contribution in [2.75, 3.05) is 0 Å². The van der Waals surface area contributed by atoms with E-state index in [1.165, 1.54) is 64.2 Å². The van der Waals surface area contributed by atoms with Crippen molar-refractivity contribution in [2.45, 2.75) is 151 Å². The highest BCUT2D eigenvalue weighted by Crippen LogP contribution is 2.52. The number of hydrogen-bond donors (Lipinski definition) is 2. The average molecular weight is 453 g/mol. The molecule has 2 unspecified atom stereocenters. The van der Waals surface area contributed by atoms with E-state index in [0.717, 1.165) is 19.3 Å². The highest BCUT2D eigenvalue weighted by Gasteiger charge is 2.56. The van der Waals surface area contributed by atoms with E-state index in [-0.39, 0.29) is 11.3 Å². The van der Waals surface area contributed by atoms with Crippen LogP contribution in [0.4, 0.5) is 0 Å². The summed E-state index contributed by atoms with van der Waals surface area (Å²) in [4.78, 5) is 25.5. The lowest BCUT2D eigenvalue weighted by molar-refractivity contribution is -0.142. The van der Waals surface area contributed by atoms with Gasteiger partial charge in [-0.3, -0.25) is 9.59 Å². The number of nitrogens with one attached hydrogen (secondary N) is 1. The number of hydrogen-bond acceptors (Lipinski definition) is 2. The zero-order valence-electron chi connectivity index (χ0n) is 22.9. The minimum Gasteiger partial charge on any atom is -0.368 e. The summed E-state index contributed by atoms with van der Waals surface area (Å²) in [6.07, 6.45) is 16.1. The van der Waals surface area contributed by atoms with Crippen molar-refractivity contribution in [3.8, 4) is 0 Å². The molecular formula is C28H56N2O2. The third-order valence-electron chi connectivity index (χ3n) is 8.72. The summed E-state index contributed by atoms with van der Waals surface area (Å²) in [5, 5.41) is 3.08. The van der Waals surface area contributed by atoms with Gasteiger partial charge in [-0.05, 0) is 24.7 Å². The van der Waals surface area contributed by atoms with E-state index in [4.69, 9.17) is 5.73 Å². The molecule has 190 valence electrons. The molecule has 3 N–H and O–H groups in total. The van der Waals surface area contributed by atoms with E-state index in [0.29, 0.717) is 12.3 Å². The van der Waals surface area contributed by atoms with Crippen LogP contribution < -0.4 is 11.1 Å². The van der Waals surface area contributed by atoms with Crippen LogP contribution in [0, 0.1) is 16.7 Å². The first-order chi connectivity index (χ1) is 14.9. The molecule has 0 fully saturated rings. The van der Waals surface area contributed by atoms with Crippen LogP contribution in [0.3, 0.4) is 0 Å². The van der Waals surface area contributed by atoms with E-state index < -0.39 is 16.9 Å². The number of carbonyl (C=O) groups excluding carboxylic acids is 2. The zero-order chi connectivity index (χ0) is 24.8. The first-order valence-corrected chi connectivity index (χ1v) is 13.5. The lowest BCUT2D eigenvalue weighted by Crippen LogP contribution is -2.68. The summed E-state index contributed by atoms with van der Waals surface area (Å²) < 4.78 is 0. The number of amides is 2. The van der Waals surface area contributed by atoms with Gasteiger partial charge in [0.25, 0.3) is 0 Å². The largest absolute Gasteiger partial charge is 0.368 e. The van der Waals surface area contributed by atoms with Crippen LogP contribution in [0.15, 0.2) is 0 Å². The topological polar surface area (TPSA) is 72.2 Å². The number of primary amides is 1. The van der Waals surface area contributed by atoms with Gasteiger partial charge in [-0.2, -0.15) is 0 Å². The monoisotopic (exact) mass is 452 g/mol. The molecule has 0 spiro atoms. The van der Waals surface area contributed by atoms with Crippen molar-refractivity contribution < 1.29 is 9.59 Å². The Morgan fingerprint density at radius 3 is 1.66 bits per heavy atom. The second-order valence-electron chi connectivity index (χ2n) is 11.4. The predicted octanol–water partition coefficient (Wildman–Crippen LogP) is 7.54. The molecule has 0 heterocycles. The van der Waals surface area contributed by atoms with Crippen molar-refractivity contribution in [2.24, 2.45) is 22.5 Å². The fourth-order valence-electron chi connectivity index (χ4n) is 4.79. The van der Waals surface area contributed by atoms with E-state index in [1.54, 1.807) is 0 Å². The van der Waals surface area contributed by atoms with E-state index in [9.17, 15) is 9.59 Å². The smallest absolute Gasteiger partial charge is 0.243 e. The summed E-state index contributed by atoms with van der Waals surface area (Å²) in [5.41, 5.74) is 4.17. The first kappa shape index (κ1) is 30.9. The zero-order valence-corrected chi connectivity index (χ0v) is 22.9. The fraction of sp³-hybridized carbons (Fsp3) is 0.929. The first-order valence-electron chi connectivity index (χ1n) is 13.5. The lowest BCUT2D eigenvalue weighted by Gasteiger charge is -2.54. The minimum absolute atomic E-state index is 0.0593. The van der Waals surface area contributed by atoms with Gasteiger partial charge in [0.15, 0.2) is 0 Å². The Balaban J connectivity index is 5.01. The van der Waals surface area contributed by atoms with Crippen molar-refractivity contribution >= 4 is 11.8 Å². The van der Waals surface area contributed by atoms with Crippen LogP contribution in [0.5, 0.6) is 0 Å². The number of nitrogens with two attached hydrogens (primary N) is 1. The van der Waals surface area contributed by atoms with Gasteiger partial charge in [0, 0.05) is 11.8 Å². The second-order valence-corrected chi connectivity index (χ2v) is 11.4. The van der Waals surface area contributed by atoms with Gasteiger partial charge in [-0.1, -0.05) is 126 Å². The summed E-state index contributed by atoms with van der Waals surface area (Å²) >= 11 is 0. The maximum absolute atomic E-state index is 12.8. The molecule has 32 heavy (non-hydrogen) atoms. The third-order valence-corrected chi connectivity index (χ3v) is 8.72. The lowest BCUT2D eigenvalue weighted by atomic mass is 9.53. The normalized spacial score (nSPS) is 15.2. The molecule has 0 aliphatic carbocycles. The molecule has 0 aromatic heterocycles. The van der Waals surface area contributed by atoms with Crippen molar-refractivity contribution in [1.82, 2.24) is 5.32 Å². The Bertz CT molecular complexity index is 542. The van der Waals surface area contributed by atoms with Crippen LogP contribution >= 0.6 is 0 Å². The van der Waals surface area contributed by atoms with Gasteiger partial charge in [0.2, 0.25) is 11.8 Å². The minimum atomic E-state index is -1.09. The number of carbonyl (C=O) groups is 2. The molecule has 0 saturated carbocycles. The molecule has 0 rings (SSSR count). The van der Waals surface area contributed by atoms with Gasteiger partial charge in [-0.15, -0.1) is 0 Å². The van der Waals surface area contributed by atoms with Crippen molar-refractivity contribution in [1.29, 1.82) is 0 Å². The SMILES string of the molecule is CCCCCCCCCC(=O)NC(C)(C(N)=O)C(C)(C)C(C)(C)C(C)CCCCCCC. The molecule has 2 atom stereocenters. The summed E-state index contributed by atoms with van der Waals surface area (Å²) in [6, 6.07) is 0. The van der Waals surface area contributed by atoms with Crippen LogP contribution in [-0.4, -0.2) is 17.4 Å². The molecule has 4 nitrogen and oxygen atoms in total. The van der Waals surface area contributed by atoms with E-state index in [2.05, 4.69) is 53.8 Å². The molecule has 0 aliphatic heterocycles. The fourth-order valence-corrected chi connectivity index (χ4v) is 4.79. The molecule has 0 radical (unpaired) electrons.